The van der Waals surface area contributed by atoms with Crippen molar-refractivity contribution in [3.8, 4) is 23.3 Å². The van der Waals surface area contributed by atoms with Crippen molar-refractivity contribution in [2.45, 2.75) is 20.0 Å². The highest BCUT2D eigenvalue weighted by Gasteiger charge is 2.03. The van der Waals surface area contributed by atoms with E-state index in [0.717, 1.165) is 11.3 Å². The number of aliphatic hydroxyl groups is 1. The first-order valence-electron chi connectivity index (χ1n) is 6.77. The molecular formula is C18H17ClO2. The minimum absolute atomic E-state index is 0.0640. The van der Waals surface area contributed by atoms with Gasteiger partial charge in [0.25, 0.3) is 0 Å². The average molecular weight is 301 g/mol. The molecule has 0 spiro atoms. The van der Waals surface area contributed by atoms with E-state index < -0.39 is 6.10 Å². The van der Waals surface area contributed by atoms with E-state index in [1.54, 1.807) is 19.1 Å². The minimum Gasteiger partial charge on any atom is -0.457 e. The molecule has 0 bridgehead atoms. The van der Waals surface area contributed by atoms with Crippen molar-refractivity contribution in [2.24, 2.45) is 5.92 Å². The molecule has 2 nitrogen and oxygen atoms in total. The lowest BCUT2D eigenvalue weighted by Crippen LogP contribution is -2.10. The Hall–Kier alpha value is -1.95. The molecular weight excluding hydrogens is 284 g/mol. The van der Waals surface area contributed by atoms with E-state index in [9.17, 15) is 5.11 Å². The molecule has 108 valence electrons. The second-order valence-electron chi connectivity index (χ2n) is 4.88. The molecule has 3 heteroatoms. The van der Waals surface area contributed by atoms with Gasteiger partial charge in [-0.1, -0.05) is 29.5 Å². The molecule has 0 aromatic heterocycles. The van der Waals surface area contributed by atoms with Gasteiger partial charge in [-0.05, 0) is 56.3 Å². The van der Waals surface area contributed by atoms with Crippen molar-refractivity contribution in [3.05, 3.63) is 59.1 Å². The predicted octanol–water partition coefficient (Wildman–Crippen LogP) is 4.50. The average Bonchev–Trinajstić information content (AvgIpc) is 2.47. The number of halogens is 1. The summed E-state index contributed by atoms with van der Waals surface area (Å²) < 4.78 is 5.75. The lowest BCUT2D eigenvalue weighted by Gasteiger charge is -2.07. The van der Waals surface area contributed by atoms with Crippen molar-refractivity contribution < 1.29 is 9.84 Å². The van der Waals surface area contributed by atoms with Crippen LogP contribution in [-0.2, 0) is 0 Å². The van der Waals surface area contributed by atoms with E-state index in [-0.39, 0.29) is 5.92 Å². The molecule has 0 heterocycles. The summed E-state index contributed by atoms with van der Waals surface area (Å²) in [6, 6.07) is 14.7. The molecule has 0 radical (unpaired) electrons. The summed E-state index contributed by atoms with van der Waals surface area (Å²) in [7, 11) is 0. The lowest BCUT2D eigenvalue weighted by molar-refractivity contribution is 0.161. The molecule has 1 N–H and O–H groups in total. The smallest absolute Gasteiger partial charge is 0.128 e. The van der Waals surface area contributed by atoms with E-state index in [1.165, 1.54) is 0 Å². The van der Waals surface area contributed by atoms with Crippen molar-refractivity contribution >= 4 is 11.6 Å². The molecule has 2 unspecified atom stereocenters. The number of hydrogen-bond donors (Lipinski definition) is 1. The Bertz CT molecular complexity index is 651. The first-order chi connectivity index (χ1) is 10.0. The molecule has 21 heavy (non-hydrogen) atoms. The number of ether oxygens (including phenoxy) is 1. The van der Waals surface area contributed by atoms with Crippen LogP contribution < -0.4 is 4.74 Å². The van der Waals surface area contributed by atoms with Crippen LogP contribution in [0.15, 0.2) is 48.5 Å². The molecule has 0 fully saturated rings. The second-order valence-corrected chi connectivity index (χ2v) is 5.32. The summed E-state index contributed by atoms with van der Waals surface area (Å²) in [5.41, 5.74) is 0.856. The topological polar surface area (TPSA) is 29.5 Å². The fourth-order valence-electron chi connectivity index (χ4n) is 1.59. The van der Waals surface area contributed by atoms with E-state index in [1.807, 2.05) is 43.3 Å². The van der Waals surface area contributed by atoms with Gasteiger partial charge in [-0.15, -0.1) is 0 Å². The highest BCUT2D eigenvalue weighted by atomic mass is 35.5. The minimum atomic E-state index is -0.439. The Morgan fingerprint density at radius 2 is 1.76 bits per heavy atom. The Morgan fingerprint density at radius 3 is 2.43 bits per heavy atom. The van der Waals surface area contributed by atoms with E-state index in [4.69, 9.17) is 16.3 Å². The number of aliphatic hydroxyl groups excluding tert-OH is 1. The van der Waals surface area contributed by atoms with Crippen LogP contribution in [0.2, 0.25) is 5.02 Å². The van der Waals surface area contributed by atoms with Gasteiger partial charge < -0.3 is 9.84 Å². The molecule has 0 saturated carbocycles. The maximum absolute atomic E-state index is 9.43. The Kier molecular flexibility index (Phi) is 5.27. The molecule has 0 amide bonds. The third-order valence-electron chi connectivity index (χ3n) is 3.05. The van der Waals surface area contributed by atoms with E-state index >= 15 is 0 Å². The Morgan fingerprint density at radius 1 is 1.05 bits per heavy atom. The molecule has 0 aliphatic rings. The zero-order chi connectivity index (χ0) is 15.2. The zero-order valence-electron chi connectivity index (χ0n) is 12.0. The fraction of sp³-hybridized carbons (Fsp3) is 0.222. The van der Waals surface area contributed by atoms with Crippen LogP contribution in [0.4, 0.5) is 0 Å². The number of benzene rings is 2. The maximum Gasteiger partial charge on any atom is 0.128 e. The van der Waals surface area contributed by atoms with E-state index in [2.05, 4.69) is 11.8 Å². The van der Waals surface area contributed by atoms with Gasteiger partial charge in [0, 0.05) is 16.5 Å². The fourth-order valence-corrected chi connectivity index (χ4v) is 1.72. The summed E-state index contributed by atoms with van der Waals surface area (Å²) in [5.74, 6) is 7.45. The standard InChI is InChI=1S/C18H17ClO2/c1-13(14(2)20)6-7-15-4-3-5-18(12-15)21-17-10-8-16(19)9-11-17/h3-5,8-14,20H,1-2H3. The van der Waals surface area contributed by atoms with Gasteiger partial charge in [0.05, 0.1) is 6.10 Å². The monoisotopic (exact) mass is 300 g/mol. The van der Waals surface area contributed by atoms with Crippen LogP contribution in [0.25, 0.3) is 0 Å². The molecule has 2 aromatic carbocycles. The van der Waals surface area contributed by atoms with Crippen molar-refractivity contribution in [2.75, 3.05) is 0 Å². The van der Waals surface area contributed by atoms with E-state index in [0.29, 0.717) is 10.8 Å². The van der Waals surface area contributed by atoms with Crippen molar-refractivity contribution in [1.29, 1.82) is 0 Å². The number of rotatable bonds is 3. The molecule has 2 rings (SSSR count). The quantitative estimate of drug-likeness (QED) is 0.846. The van der Waals surface area contributed by atoms with Crippen molar-refractivity contribution in [3.63, 3.8) is 0 Å². The predicted molar refractivity (Wildman–Crippen MR) is 85.7 cm³/mol. The Balaban J connectivity index is 2.12. The van der Waals surface area contributed by atoms with Crippen LogP contribution in [-0.4, -0.2) is 11.2 Å². The molecule has 2 aromatic rings. The number of hydrogen-bond acceptors (Lipinski definition) is 2. The highest BCUT2D eigenvalue weighted by Crippen LogP contribution is 2.23. The third-order valence-corrected chi connectivity index (χ3v) is 3.30. The normalized spacial score (nSPS) is 13.0. The van der Waals surface area contributed by atoms with Gasteiger partial charge >= 0.3 is 0 Å². The third kappa shape index (κ3) is 4.82. The van der Waals surface area contributed by atoms with Crippen LogP contribution in [0.5, 0.6) is 11.5 Å². The van der Waals surface area contributed by atoms with Crippen LogP contribution in [0, 0.1) is 17.8 Å². The largest absolute Gasteiger partial charge is 0.457 e. The summed E-state index contributed by atoms with van der Waals surface area (Å²) in [6.07, 6.45) is -0.439. The van der Waals surface area contributed by atoms with Gasteiger partial charge in [-0.2, -0.15) is 0 Å². The van der Waals surface area contributed by atoms with Gasteiger partial charge in [-0.3, -0.25) is 0 Å². The molecule has 0 aliphatic carbocycles. The van der Waals surface area contributed by atoms with Crippen LogP contribution >= 0.6 is 11.6 Å². The summed E-state index contributed by atoms with van der Waals surface area (Å²) >= 11 is 5.84. The first-order valence-corrected chi connectivity index (χ1v) is 7.15. The zero-order valence-corrected chi connectivity index (χ0v) is 12.8. The van der Waals surface area contributed by atoms with Crippen molar-refractivity contribution in [1.82, 2.24) is 0 Å². The van der Waals surface area contributed by atoms with Gasteiger partial charge in [0.1, 0.15) is 11.5 Å². The highest BCUT2D eigenvalue weighted by molar-refractivity contribution is 6.30. The lowest BCUT2D eigenvalue weighted by atomic mass is 10.1. The maximum atomic E-state index is 9.43. The van der Waals surface area contributed by atoms with Crippen LogP contribution in [0.1, 0.15) is 19.4 Å². The van der Waals surface area contributed by atoms with Gasteiger partial charge in [0.15, 0.2) is 0 Å². The summed E-state index contributed by atoms with van der Waals surface area (Å²) in [4.78, 5) is 0. The van der Waals surface area contributed by atoms with Crippen LogP contribution in [0.3, 0.4) is 0 Å². The molecule has 2 atom stereocenters. The summed E-state index contributed by atoms with van der Waals surface area (Å²) in [6.45, 7) is 3.63. The molecule has 0 aliphatic heterocycles. The van der Waals surface area contributed by atoms with Gasteiger partial charge in [0.2, 0.25) is 0 Å². The second kappa shape index (κ2) is 7.17. The SMILES string of the molecule is CC(O)C(C)C#Cc1cccc(Oc2ccc(Cl)cc2)c1. The Labute approximate surface area is 130 Å². The molecule has 0 saturated heterocycles. The summed E-state index contributed by atoms with van der Waals surface area (Å²) in [5, 5.41) is 10.1. The van der Waals surface area contributed by atoms with Gasteiger partial charge in [-0.25, -0.2) is 0 Å². The first kappa shape index (κ1) is 15.4.